The molecule has 0 aromatic heterocycles. The number of nitrogens with two attached hydrogens (primary N) is 1. The second-order valence-corrected chi connectivity index (χ2v) is 6.56. The van der Waals surface area contributed by atoms with E-state index < -0.39 is 0 Å². The van der Waals surface area contributed by atoms with Crippen LogP contribution >= 0.6 is 43.6 Å². The van der Waals surface area contributed by atoms with Crippen molar-refractivity contribution in [2.75, 3.05) is 0 Å². The van der Waals surface area contributed by atoms with Gasteiger partial charge in [-0.3, -0.25) is 5.41 Å². The Morgan fingerprint density at radius 1 is 1.06 bits per heavy atom. The Hall–Kier alpha value is -0.780. The van der Waals surface area contributed by atoms with Gasteiger partial charge in [-0.1, -0.05) is 49.7 Å². The first-order valence-electron chi connectivity index (χ1n) is 5.13. The molecule has 0 aliphatic carbocycles. The number of halogens is 2. The summed E-state index contributed by atoms with van der Waals surface area (Å²) in [6.07, 6.45) is 0. The van der Waals surface area contributed by atoms with E-state index in [0.717, 1.165) is 24.3 Å². The molecule has 0 atom stereocenters. The minimum atomic E-state index is 0.0833. The van der Waals surface area contributed by atoms with Crippen LogP contribution in [0.5, 0.6) is 0 Å². The van der Waals surface area contributed by atoms with Gasteiger partial charge in [0.05, 0.1) is 0 Å². The summed E-state index contributed by atoms with van der Waals surface area (Å²) in [4.78, 5) is 2.07. The third-order valence-electron chi connectivity index (χ3n) is 2.26. The largest absolute Gasteiger partial charge is 0.384 e. The van der Waals surface area contributed by atoms with Crippen LogP contribution in [0.4, 0.5) is 0 Å². The van der Waals surface area contributed by atoms with Crippen LogP contribution in [-0.4, -0.2) is 5.84 Å². The quantitative estimate of drug-likeness (QED) is 0.596. The molecular formula is C13H10Br2N2S. The number of nitrogen functional groups attached to an aromatic ring is 1. The molecule has 2 nitrogen and oxygen atoms in total. The van der Waals surface area contributed by atoms with E-state index in [2.05, 4.69) is 31.9 Å². The van der Waals surface area contributed by atoms with Crippen molar-refractivity contribution in [3.8, 4) is 0 Å². The van der Waals surface area contributed by atoms with E-state index in [4.69, 9.17) is 11.1 Å². The molecule has 0 bridgehead atoms. The van der Waals surface area contributed by atoms with Gasteiger partial charge in [0.2, 0.25) is 0 Å². The van der Waals surface area contributed by atoms with Crippen LogP contribution in [0.2, 0.25) is 0 Å². The van der Waals surface area contributed by atoms with Gasteiger partial charge in [0.15, 0.2) is 0 Å². The smallest absolute Gasteiger partial charge is 0.123 e. The molecule has 2 aromatic rings. The van der Waals surface area contributed by atoms with Crippen LogP contribution in [0.3, 0.4) is 0 Å². The highest BCUT2D eigenvalue weighted by atomic mass is 79.9. The summed E-state index contributed by atoms with van der Waals surface area (Å²) in [5.41, 5.74) is 6.35. The van der Waals surface area contributed by atoms with E-state index in [1.165, 1.54) is 0 Å². The zero-order chi connectivity index (χ0) is 13.1. The van der Waals surface area contributed by atoms with Crippen LogP contribution in [0.15, 0.2) is 61.2 Å². The molecule has 0 saturated carbocycles. The van der Waals surface area contributed by atoms with Gasteiger partial charge in [-0.15, -0.1) is 0 Å². The fraction of sp³-hybridized carbons (Fsp3) is 0. The molecule has 0 saturated heterocycles. The lowest BCUT2D eigenvalue weighted by Gasteiger charge is -2.08. The Bertz CT molecular complexity index is 599. The van der Waals surface area contributed by atoms with Crippen molar-refractivity contribution in [1.29, 1.82) is 5.41 Å². The molecule has 2 rings (SSSR count). The maximum absolute atomic E-state index is 7.59. The third kappa shape index (κ3) is 3.37. The first-order chi connectivity index (χ1) is 8.56. The minimum absolute atomic E-state index is 0.0833. The summed E-state index contributed by atoms with van der Waals surface area (Å²) in [6.45, 7) is 0. The summed E-state index contributed by atoms with van der Waals surface area (Å²) in [5.74, 6) is 0.0833. The van der Waals surface area contributed by atoms with E-state index in [-0.39, 0.29) is 5.84 Å². The maximum atomic E-state index is 7.59. The molecule has 2 aromatic carbocycles. The zero-order valence-corrected chi connectivity index (χ0v) is 13.3. The Morgan fingerprint density at radius 2 is 1.78 bits per heavy atom. The van der Waals surface area contributed by atoms with Crippen molar-refractivity contribution >= 4 is 49.5 Å². The van der Waals surface area contributed by atoms with Crippen molar-refractivity contribution in [2.45, 2.75) is 9.79 Å². The number of amidine groups is 1. The number of nitrogens with one attached hydrogen (secondary N) is 1. The van der Waals surface area contributed by atoms with Crippen molar-refractivity contribution < 1.29 is 0 Å². The fourth-order valence-corrected chi connectivity index (χ4v) is 3.58. The summed E-state index contributed by atoms with van der Waals surface area (Å²) in [6, 6.07) is 13.8. The second-order valence-electron chi connectivity index (χ2n) is 3.61. The van der Waals surface area contributed by atoms with Crippen LogP contribution in [0.25, 0.3) is 0 Å². The lowest BCUT2D eigenvalue weighted by molar-refractivity contribution is 1.32. The average molecular weight is 386 g/mol. The molecule has 0 unspecified atom stereocenters. The molecule has 0 heterocycles. The minimum Gasteiger partial charge on any atom is -0.384 e. The monoisotopic (exact) mass is 384 g/mol. The van der Waals surface area contributed by atoms with Crippen molar-refractivity contribution in [1.82, 2.24) is 0 Å². The predicted molar refractivity (Wildman–Crippen MR) is 83.4 cm³/mol. The number of rotatable bonds is 3. The molecule has 92 valence electrons. The molecule has 0 radical (unpaired) electrons. The van der Waals surface area contributed by atoms with E-state index >= 15 is 0 Å². The van der Waals surface area contributed by atoms with E-state index in [1.54, 1.807) is 11.8 Å². The Kier molecular flexibility index (Phi) is 4.48. The standard InChI is InChI=1S/C13H10Br2N2S/c14-8-2-1-3-10(6-8)18-12-7-9(15)4-5-11(12)13(16)17/h1-7H,(H3,16,17). The van der Waals surface area contributed by atoms with Crippen molar-refractivity contribution in [3.63, 3.8) is 0 Å². The Morgan fingerprint density at radius 3 is 2.44 bits per heavy atom. The average Bonchev–Trinajstić information content (AvgIpc) is 2.28. The first kappa shape index (κ1) is 13.6. The van der Waals surface area contributed by atoms with Gasteiger partial charge in [0, 0.05) is 24.3 Å². The van der Waals surface area contributed by atoms with Crippen LogP contribution < -0.4 is 5.73 Å². The molecule has 0 fully saturated rings. The Balaban J connectivity index is 2.39. The topological polar surface area (TPSA) is 49.9 Å². The SMILES string of the molecule is N=C(N)c1ccc(Br)cc1Sc1cccc(Br)c1. The van der Waals surface area contributed by atoms with Gasteiger partial charge in [-0.2, -0.15) is 0 Å². The third-order valence-corrected chi connectivity index (χ3v) is 4.29. The number of benzene rings is 2. The van der Waals surface area contributed by atoms with Crippen LogP contribution in [-0.2, 0) is 0 Å². The normalized spacial score (nSPS) is 10.3. The molecule has 3 N–H and O–H groups in total. The maximum Gasteiger partial charge on any atom is 0.123 e. The van der Waals surface area contributed by atoms with E-state index in [9.17, 15) is 0 Å². The second kappa shape index (κ2) is 5.91. The summed E-state index contributed by atoms with van der Waals surface area (Å²) in [5, 5.41) is 7.59. The summed E-state index contributed by atoms with van der Waals surface area (Å²) >= 11 is 8.48. The van der Waals surface area contributed by atoms with Gasteiger partial charge >= 0.3 is 0 Å². The molecule has 18 heavy (non-hydrogen) atoms. The van der Waals surface area contributed by atoms with E-state index in [0.29, 0.717) is 0 Å². The summed E-state index contributed by atoms with van der Waals surface area (Å²) < 4.78 is 2.01. The van der Waals surface area contributed by atoms with Gasteiger partial charge in [0.25, 0.3) is 0 Å². The molecule has 0 spiro atoms. The highest BCUT2D eigenvalue weighted by Crippen LogP contribution is 2.33. The predicted octanol–water partition coefficient (Wildman–Crippen LogP) is 4.65. The molecule has 5 heteroatoms. The van der Waals surface area contributed by atoms with Crippen LogP contribution in [0, 0.1) is 5.41 Å². The number of hydrogen-bond donors (Lipinski definition) is 2. The molecule has 0 amide bonds. The van der Waals surface area contributed by atoms with Crippen molar-refractivity contribution in [2.24, 2.45) is 5.73 Å². The lowest BCUT2D eigenvalue weighted by atomic mass is 10.2. The van der Waals surface area contributed by atoms with Crippen LogP contribution in [0.1, 0.15) is 5.56 Å². The van der Waals surface area contributed by atoms with Gasteiger partial charge < -0.3 is 5.73 Å². The van der Waals surface area contributed by atoms with Gasteiger partial charge in [0.1, 0.15) is 5.84 Å². The lowest BCUT2D eigenvalue weighted by Crippen LogP contribution is -2.12. The van der Waals surface area contributed by atoms with Gasteiger partial charge in [-0.25, -0.2) is 0 Å². The molecular weight excluding hydrogens is 376 g/mol. The number of hydrogen-bond acceptors (Lipinski definition) is 2. The van der Waals surface area contributed by atoms with E-state index in [1.807, 2.05) is 42.5 Å². The first-order valence-corrected chi connectivity index (χ1v) is 7.54. The molecule has 0 aliphatic heterocycles. The highest BCUT2D eigenvalue weighted by Gasteiger charge is 2.08. The Labute approximate surface area is 127 Å². The van der Waals surface area contributed by atoms with Crippen molar-refractivity contribution in [3.05, 3.63) is 57.0 Å². The zero-order valence-electron chi connectivity index (χ0n) is 9.28. The fourth-order valence-electron chi connectivity index (χ4n) is 1.46. The summed E-state index contributed by atoms with van der Waals surface area (Å²) in [7, 11) is 0. The molecule has 0 aliphatic rings. The van der Waals surface area contributed by atoms with Gasteiger partial charge in [-0.05, 0) is 36.4 Å². The highest BCUT2D eigenvalue weighted by molar-refractivity contribution is 9.10.